The number of aromatic nitrogens is 2. The summed E-state index contributed by atoms with van der Waals surface area (Å²) in [5.74, 6) is -1.29. The van der Waals surface area contributed by atoms with Crippen LogP contribution in [0.5, 0.6) is 0 Å². The molecule has 0 atom stereocenters. The largest absolute Gasteiger partial charge is 0.306 e. The van der Waals surface area contributed by atoms with Gasteiger partial charge in [0.2, 0.25) is 0 Å². The van der Waals surface area contributed by atoms with Crippen LogP contribution in [0.1, 0.15) is 10.4 Å². The highest BCUT2D eigenvalue weighted by Crippen LogP contribution is 2.31. The van der Waals surface area contributed by atoms with Crippen molar-refractivity contribution in [2.75, 3.05) is 5.32 Å². The second-order valence-corrected chi connectivity index (χ2v) is 5.68. The fourth-order valence-electron chi connectivity index (χ4n) is 2.75. The molecule has 2 heterocycles. The molecule has 2 aromatic heterocycles. The van der Waals surface area contributed by atoms with Crippen LogP contribution in [-0.2, 0) is 0 Å². The number of pyridine rings is 1. The monoisotopic (exact) mass is 349 g/mol. The van der Waals surface area contributed by atoms with E-state index in [0.29, 0.717) is 11.2 Å². The van der Waals surface area contributed by atoms with Crippen LogP contribution in [0.25, 0.3) is 16.9 Å². The van der Waals surface area contributed by atoms with Gasteiger partial charge < -0.3 is 5.32 Å². The van der Waals surface area contributed by atoms with Gasteiger partial charge in [0, 0.05) is 17.3 Å². The van der Waals surface area contributed by atoms with E-state index in [9.17, 15) is 13.6 Å². The third-order valence-electron chi connectivity index (χ3n) is 3.98. The Hall–Kier alpha value is -3.54. The lowest BCUT2D eigenvalue weighted by molar-refractivity contribution is 0.102. The van der Waals surface area contributed by atoms with Gasteiger partial charge in [-0.05, 0) is 42.5 Å². The summed E-state index contributed by atoms with van der Waals surface area (Å²) in [6.45, 7) is 0. The van der Waals surface area contributed by atoms with Crippen molar-refractivity contribution in [1.29, 1.82) is 0 Å². The predicted molar refractivity (Wildman–Crippen MR) is 94.9 cm³/mol. The zero-order valence-corrected chi connectivity index (χ0v) is 13.5. The summed E-state index contributed by atoms with van der Waals surface area (Å²) in [7, 11) is 0. The van der Waals surface area contributed by atoms with Crippen molar-refractivity contribution in [2.45, 2.75) is 0 Å². The lowest BCUT2D eigenvalue weighted by Crippen LogP contribution is -2.14. The lowest BCUT2D eigenvalue weighted by Gasteiger charge is -2.08. The van der Waals surface area contributed by atoms with Gasteiger partial charge in [0.05, 0.1) is 0 Å². The fraction of sp³-hybridized carbons (Fsp3) is 0. The first kappa shape index (κ1) is 16.0. The number of anilines is 1. The summed E-state index contributed by atoms with van der Waals surface area (Å²) in [5.41, 5.74) is 1.10. The number of hydrogen-bond acceptors (Lipinski definition) is 2. The Morgan fingerprint density at radius 2 is 1.73 bits per heavy atom. The molecule has 0 bridgehead atoms. The molecule has 1 amide bonds. The normalized spacial score (nSPS) is 10.8. The molecular weight excluding hydrogens is 336 g/mol. The van der Waals surface area contributed by atoms with Crippen LogP contribution in [0.4, 0.5) is 14.6 Å². The van der Waals surface area contributed by atoms with E-state index in [-0.39, 0.29) is 23.0 Å². The molecule has 6 heteroatoms. The lowest BCUT2D eigenvalue weighted by atomic mass is 10.1. The van der Waals surface area contributed by atoms with Gasteiger partial charge >= 0.3 is 0 Å². The molecular formula is C20H13F2N3O. The standard InChI is InChI=1S/C20H13F2N3O/c21-14-9-10-16(22)15(12-14)18-19(25-11-5-4-8-17(25)23-18)24-20(26)13-6-2-1-3-7-13/h1-12H,(H,24,26). The highest BCUT2D eigenvalue weighted by atomic mass is 19.1. The first-order valence-electron chi connectivity index (χ1n) is 7.92. The van der Waals surface area contributed by atoms with Crippen molar-refractivity contribution in [2.24, 2.45) is 0 Å². The average molecular weight is 349 g/mol. The second kappa shape index (κ2) is 6.40. The molecule has 0 unspecified atom stereocenters. The zero-order valence-electron chi connectivity index (χ0n) is 13.5. The number of carbonyl (C=O) groups is 1. The Morgan fingerprint density at radius 1 is 0.962 bits per heavy atom. The van der Waals surface area contributed by atoms with Crippen molar-refractivity contribution in [3.63, 3.8) is 0 Å². The van der Waals surface area contributed by atoms with Crippen molar-refractivity contribution in [3.8, 4) is 11.3 Å². The third kappa shape index (κ3) is 2.82. The van der Waals surface area contributed by atoms with E-state index >= 15 is 0 Å². The van der Waals surface area contributed by atoms with Crippen molar-refractivity contribution in [3.05, 3.63) is 90.1 Å². The molecule has 0 saturated heterocycles. The highest BCUT2D eigenvalue weighted by molar-refractivity contribution is 6.05. The summed E-state index contributed by atoms with van der Waals surface area (Å²) in [4.78, 5) is 16.9. The summed E-state index contributed by atoms with van der Waals surface area (Å²) in [6.07, 6.45) is 1.70. The van der Waals surface area contributed by atoms with Gasteiger partial charge in [-0.3, -0.25) is 9.20 Å². The summed E-state index contributed by atoms with van der Waals surface area (Å²) < 4.78 is 29.6. The summed E-state index contributed by atoms with van der Waals surface area (Å²) in [5, 5.41) is 2.77. The molecule has 0 saturated carbocycles. The van der Waals surface area contributed by atoms with Gasteiger partial charge in [0.15, 0.2) is 0 Å². The van der Waals surface area contributed by atoms with Crippen molar-refractivity contribution >= 4 is 17.4 Å². The van der Waals surface area contributed by atoms with E-state index in [2.05, 4.69) is 10.3 Å². The van der Waals surface area contributed by atoms with Gasteiger partial charge in [-0.1, -0.05) is 24.3 Å². The van der Waals surface area contributed by atoms with Crippen LogP contribution in [0, 0.1) is 11.6 Å². The number of fused-ring (bicyclic) bond motifs is 1. The van der Waals surface area contributed by atoms with Crippen molar-refractivity contribution in [1.82, 2.24) is 9.38 Å². The second-order valence-electron chi connectivity index (χ2n) is 5.68. The maximum Gasteiger partial charge on any atom is 0.256 e. The third-order valence-corrected chi connectivity index (χ3v) is 3.98. The molecule has 4 aromatic rings. The molecule has 0 radical (unpaired) electrons. The molecule has 0 fully saturated rings. The molecule has 2 aromatic carbocycles. The number of hydrogen-bond donors (Lipinski definition) is 1. The van der Waals surface area contributed by atoms with E-state index in [1.165, 1.54) is 0 Å². The number of nitrogens with one attached hydrogen (secondary N) is 1. The Bertz CT molecular complexity index is 1110. The number of rotatable bonds is 3. The minimum absolute atomic E-state index is 0.0166. The Balaban J connectivity index is 1.87. The molecule has 0 aliphatic rings. The predicted octanol–water partition coefficient (Wildman–Crippen LogP) is 4.53. The van der Waals surface area contributed by atoms with Gasteiger partial charge in [0.25, 0.3) is 5.91 Å². The number of imidazole rings is 1. The molecule has 0 aliphatic carbocycles. The number of benzene rings is 2. The van der Waals surface area contributed by atoms with Gasteiger partial charge in [0.1, 0.15) is 28.8 Å². The Kier molecular flexibility index (Phi) is 3.93. The van der Waals surface area contributed by atoms with Crippen LogP contribution >= 0.6 is 0 Å². The van der Waals surface area contributed by atoms with E-state index in [1.54, 1.807) is 59.1 Å². The minimum atomic E-state index is -0.620. The first-order chi connectivity index (χ1) is 12.6. The van der Waals surface area contributed by atoms with Gasteiger partial charge in [-0.25, -0.2) is 13.8 Å². The maximum atomic E-state index is 14.3. The quantitative estimate of drug-likeness (QED) is 0.591. The molecule has 0 aliphatic heterocycles. The van der Waals surface area contributed by atoms with E-state index in [4.69, 9.17) is 0 Å². The Morgan fingerprint density at radius 3 is 2.54 bits per heavy atom. The maximum absolute atomic E-state index is 14.3. The van der Waals surface area contributed by atoms with Crippen LogP contribution in [0.15, 0.2) is 72.9 Å². The molecule has 26 heavy (non-hydrogen) atoms. The topological polar surface area (TPSA) is 46.4 Å². The van der Waals surface area contributed by atoms with Crippen LogP contribution in [0.3, 0.4) is 0 Å². The first-order valence-corrected chi connectivity index (χ1v) is 7.92. The van der Waals surface area contributed by atoms with Crippen molar-refractivity contribution < 1.29 is 13.6 Å². The molecule has 0 spiro atoms. The summed E-state index contributed by atoms with van der Waals surface area (Å²) >= 11 is 0. The van der Waals surface area contributed by atoms with E-state index in [1.807, 2.05) is 0 Å². The van der Waals surface area contributed by atoms with E-state index in [0.717, 1.165) is 18.2 Å². The molecule has 128 valence electrons. The summed E-state index contributed by atoms with van der Waals surface area (Å²) in [6, 6.07) is 17.0. The molecule has 1 N–H and O–H groups in total. The average Bonchev–Trinajstić information content (AvgIpc) is 3.03. The van der Waals surface area contributed by atoms with Crippen LogP contribution in [-0.4, -0.2) is 15.3 Å². The smallest absolute Gasteiger partial charge is 0.256 e. The molecule has 4 rings (SSSR count). The highest BCUT2D eigenvalue weighted by Gasteiger charge is 2.20. The van der Waals surface area contributed by atoms with Crippen LogP contribution < -0.4 is 5.32 Å². The number of halogens is 2. The number of nitrogens with zero attached hydrogens (tertiary/aromatic N) is 2. The Labute approximate surface area is 147 Å². The molecule has 4 nitrogen and oxygen atoms in total. The van der Waals surface area contributed by atoms with Gasteiger partial charge in [-0.2, -0.15) is 0 Å². The van der Waals surface area contributed by atoms with Gasteiger partial charge in [-0.15, -0.1) is 0 Å². The minimum Gasteiger partial charge on any atom is -0.306 e. The zero-order chi connectivity index (χ0) is 18.1. The number of amides is 1. The SMILES string of the molecule is O=C(Nc1c(-c2cc(F)ccc2F)nc2ccccn12)c1ccccc1. The fourth-order valence-corrected chi connectivity index (χ4v) is 2.75. The number of carbonyl (C=O) groups excluding carboxylic acids is 1. The van der Waals surface area contributed by atoms with Crippen LogP contribution in [0.2, 0.25) is 0 Å². The van der Waals surface area contributed by atoms with E-state index < -0.39 is 11.6 Å².